The van der Waals surface area contributed by atoms with Gasteiger partial charge in [0.05, 0.1) is 0 Å². The number of nitrogens with one attached hydrogen (secondary N) is 1. The third-order valence-electron chi connectivity index (χ3n) is 2.54. The van der Waals surface area contributed by atoms with Crippen molar-refractivity contribution >= 4 is 5.91 Å². The van der Waals surface area contributed by atoms with Crippen molar-refractivity contribution in [1.82, 2.24) is 15.5 Å². The lowest BCUT2D eigenvalue weighted by Crippen LogP contribution is -2.25. The van der Waals surface area contributed by atoms with E-state index < -0.39 is 0 Å². The summed E-state index contributed by atoms with van der Waals surface area (Å²) in [5.74, 6) is 0.904. The van der Waals surface area contributed by atoms with Crippen LogP contribution in [0.3, 0.4) is 0 Å². The molecule has 94 valence electrons. The Morgan fingerprint density at radius 3 is 2.78 bits per heavy atom. The van der Waals surface area contributed by atoms with E-state index in [1.165, 1.54) is 0 Å². The number of rotatable bonds is 4. The van der Waals surface area contributed by atoms with Gasteiger partial charge in [0.15, 0.2) is 0 Å². The van der Waals surface area contributed by atoms with Crippen LogP contribution in [0, 0.1) is 0 Å². The maximum absolute atomic E-state index is 11.3. The summed E-state index contributed by atoms with van der Waals surface area (Å²) in [6, 6.07) is 9.28. The Hall–Kier alpha value is -2.17. The Morgan fingerprint density at radius 1 is 1.39 bits per heavy atom. The Balaban J connectivity index is 2.13. The van der Waals surface area contributed by atoms with E-state index in [9.17, 15) is 4.79 Å². The van der Waals surface area contributed by atoms with E-state index in [4.69, 9.17) is 4.52 Å². The molecule has 0 aliphatic rings. The predicted molar refractivity (Wildman–Crippen MR) is 66.6 cm³/mol. The number of amides is 1. The standard InChI is InChI=1S/C13H15N3O2/c1-3-11(17)14-9(2)13-15-12(16-18-13)10-7-5-4-6-8-10/h4-9H,3H2,1-2H3,(H,14,17)/t9-/m0/s1. The first kappa shape index (κ1) is 12.3. The van der Waals surface area contributed by atoms with E-state index in [1.54, 1.807) is 6.92 Å². The van der Waals surface area contributed by atoms with Crippen molar-refractivity contribution in [2.75, 3.05) is 0 Å². The van der Waals surface area contributed by atoms with Crippen molar-refractivity contribution in [3.05, 3.63) is 36.2 Å². The number of hydrogen-bond donors (Lipinski definition) is 1. The van der Waals surface area contributed by atoms with Gasteiger partial charge in [-0.15, -0.1) is 0 Å². The fourth-order valence-corrected chi connectivity index (χ4v) is 1.52. The highest BCUT2D eigenvalue weighted by molar-refractivity contribution is 5.75. The maximum atomic E-state index is 11.3. The number of nitrogens with zero attached hydrogens (tertiary/aromatic N) is 2. The second kappa shape index (κ2) is 5.44. The molecule has 0 saturated heterocycles. The van der Waals surface area contributed by atoms with E-state index in [-0.39, 0.29) is 11.9 Å². The lowest BCUT2D eigenvalue weighted by atomic mass is 10.2. The largest absolute Gasteiger partial charge is 0.345 e. The molecule has 2 aromatic rings. The highest BCUT2D eigenvalue weighted by atomic mass is 16.5. The lowest BCUT2D eigenvalue weighted by molar-refractivity contribution is -0.121. The van der Waals surface area contributed by atoms with Gasteiger partial charge in [-0.2, -0.15) is 4.98 Å². The second-order valence-corrected chi connectivity index (χ2v) is 3.97. The zero-order valence-electron chi connectivity index (χ0n) is 10.4. The van der Waals surface area contributed by atoms with Crippen molar-refractivity contribution in [3.8, 4) is 11.4 Å². The minimum atomic E-state index is -0.276. The number of benzene rings is 1. The summed E-state index contributed by atoms with van der Waals surface area (Å²) >= 11 is 0. The van der Waals surface area contributed by atoms with E-state index in [2.05, 4.69) is 15.5 Å². The summed E-state index contributed by atoms with van der Waals surface area (Å²) in [7, 11) is 0. The molecule has 1 N–H and O–H groups in total. The van der Waals surface area contributed by atoms with E-state index in [0.717, 1.165) is 5.56 Å². The first-order chi connectivity index (χ1) is 8.70. The zero-order valence-corrected chi connectivity index (χ0v) is 10.4. The molecule has 1 aromatic heterocycles. The van der Waals surface area contributed by atoms with Crippen LogP contribution in [-0.2, 0) is 4.79 Å². The molecule has 0 spiro atoms. The van der Waals surface area contributed by atoms with Crippen molar-refractivity contribution in [1.29, 1.82) is 0 Å². The average Bonchev–Trinajstić information content (AvgIpc) is 2.89. The summed E-state index contributed by atoms with van der Waals surface area (Å²) in [5, 5.41) is 6.68. The number of hydrogen-bond acceptors (Lipinski definition) is 4. The molecule has 2 rings (SSSR count). The van der Waals surface area contributed by atoms with Gasteiger partial charge in [0, 0.05) is 12.0 Å². The monoisotopic (exact) mass is 245 g/mol. The topological polar surface area (TPSA) is 68.0 Å². The molecular weight excluding hydrogens is 230 g/mol. The molecular formula is C13H15N3O2. The lowest BCUT2D eigenvalue weighted by Gasteiger charge is -2.07. The third kappa shape index (κ3) is 2.74. The highest BCUT2D eigenvalue weighted by Crippen LogP contribution is 2.17. The van der Waals surface area contributed by atoms with Gasteiger partial charge in [-0.1, -0.05) is 42.4 Å². The highest BCUT2D eigenvalue weighted by Gasteiger charge is 2.16. The summed E-state index contributed by atoms with van der Waals surface area (Å²) in [5.41, 5.74) is 0.890. The SMILES string of the molecule is CCC(=O)N[C@@H](C)c1nc(-c2ccccc2)no1. The molecule has 18 heavy (non-hydrogen) atoms. The van der Waals surface area contributed by atoms with Crippen LogP contribution in [0.4, 0.5) is 0 Å². The van der Waals surface area contributed by atoms with Gasteiger partial charge in [-0.05, 0) is 6.92 Å². The summed E-state index contributed by atoms with van der Waals surface area (Å²) < 4.78 is 5.15. The molecule has 1 amide bonds. The van der Waals surface area contributed by atoms with Gasteiger partial charge in [0.1, 0.15) is 6.04 Å². The van der Waals surface area contributed by atoms with E-state index in [0.29, 0.717) is 18.1 Å². The fraction of sp³-hybridized carbons (Fsp3) is 0.308. The number of aromatic nitrogens is 2. The molecule has 0 aliphatic heterocycles. The first-order valence-electron chi connectivity index (χ1n) is 5.89. The van der Waals surface area contributed by atoms with Crippen LogP contribution < -0.4 is 5.32 Å². The van der Waals surface area contributed by atoms with Gasteiger partial charge in [-0.25, -0.2) is 0 Å². The van der Waals surface area contributed by atoms with Crippen molar-refractivity contribution in [2.24, 2.45) is 0 Å². The van der Waals surface area contributed by atoms with Gasteiger partial charge in [0.25, 0.3) is 0 Å². The molecule has 0 saturated carbocycles. The van der Waals surface area contributed by atoms with Crippen LogP contribution in [0.15, 0.2) is 34.9 Å². The molecule has 1 aromatic carbocycles. The van der Waals surface area contributed by atoms with E-state index >= 15 is 0 Å². The van der Waals surface area contributed by atoms with E-state index in [1.807, 2.05) is 37.3 Å². The molecule has 0 unspecified atom stereocenters. The molecule has 0 aliphatic carbocycles. The van der Waals surface area contributed by atoms with Gasteiger partial charge in [0.2, 0.25) is 17.6 Å². The van der Waals surface area contributed by atoms with Crippen LogP contribution in [0.5, 0.6) is 0 Å². The van der Waals surface area contributed by atoms with Crippen LogP contribution >= 0.6 is 0 Å². The van der Waals surface area contributed by atoms with Crippen LogP contribution in [0.2, 0.25) is 0 Å². The van der Waals surface area contributed by atoms with Crippen LogP contribution in [0.1, 0.15) is 32.2 Å². The third-order valence-corrected chi connectivity index (χ3v) is 2.54. The minimum Gasteiger partial charge on any atom is -0.345 e. The molecule has 5 heteroatoms. The van der Waals surface area contributed by atoms with Crippen LogP contribution in [0.25, 0.3) is 11.4 Å². The van der Waals surface area contributed by atoms with Gasteiger partial charge < -0.3 is 9.84 Å². The smallest absolute Gasteiger partial charge is 0.249 e. The summed E-state index contributed by atoms with van der Waals surface area (Å²) in [6.45, 7) is 3.61. The van der Waals surface area contributed by atoms with Crippen molar-refractivity contribution in [2.45, 2.75) is 26.3 Å². The predicted octanol–water partition coefficient (Wildman–Crippen LogP) is 2.32. The quantitative estimate of drug-likeness (QED) is 0.897. The normalized spacial score (nSPS) is 12.1. The molecule has 1 heterocycles. The van der Waals surface area contributed by atoms with Crippen molar-refractivity contribution in [3.63, 3.8) is 0 Å². The Kier molecular flexibility index (Phi) is 3.72. The Labute approximate surface area is 105 Å². The number of carbonyl (C=O) groups is 1. The second-order valence-electron chi connectivity index (χ2n) is 3.97. The van der Waals surface area contributed by atoms with Crippen LogP contribution in [-0.4, -0.2) is 16.0 Å². The molecule has 0 bridgehead atoms. The molecule has 0 radical (unpaired) electrons. The molecule has 1 atom stereocenters. The van der Waals surface area contributed by atoms with Gasteiger partial charge in [-0.3, -0.25) is 4.79 Å². The zero-order chi connectivity index (χ0) is 13.0. The van der Waals surface area contributed by atoms with Gasteiger partial charge >= 0.3 is 0 Å². The fourth-order valence-electron chi connectivity index (χ4n) is 1.52. The first-order valence-corrected chi connectivity index (χ1v) is 5.89. The summed E-state index contributed by atoms with van der Waals surface area (Å²) in [6.07, 6.45) is 0.435. The molecule has 5 nitrogen and oxygen atoms in total. The Bertz CT molecular complexity index is 522. The minimum absolute atomic E-state index is 0.0399. The maximum Gasteiger partial charge on any atom is 0.249 e. The average molecular weight is 245 g/mol. The number of carbonyl (C=O) groups excluding carboxylic acids is 1. The summed E-state index contributed by atoms with van der Waals surface area (Å²) in [4.78, 5) is 15.5. The van der Waals surface area contributed by atoms with Crippen molar-refractivity contribution < 1.29 is 9.32 Å². The molecule has 0 fully saturated rings. The Morgan fingerprint density at radius 2 is 2.11 bits per heavy atom.